The Morgan fingerprint density at radius 2 is 0.982 bits per heavy atom. The van der Waals surface area contributed by atoms with Gasteiger partial charge in [-0.1, -0.05) is 0 Å². The summed E-state index contributed by atoms with van der Waals surface area (Å²) in [6.45, 7) is -1.39. The lowest BCUT2D eigenvalue weighted by atomic mass is 9.88. The number of fused-ring (bicyclic) bond motifs is 4. The van der Waals surface area contributed by atoms with Gasteiger partial charge in [0.2, 0.25) is 23.0 Å². The summed E-state index contributed by atoms with van der Waals surface area (Å²) in [6, 6.07) is 0.760. The summed E-state index contributed by atoms with van der Waals surface area (Å²) < 4.78 is 20.6. The molecule has 22 nitrogen and oxygen atoms in total. The number of aliphatic hydroxyl groups excluding tert-OH is 3. The molecule has 6 bridgehead atoms. The molecule has 3 heterocycles. The lowest BCUT2D eigenvalue weighted by Crippen LogP contribution is -2.49. The summed E-state index contributed by atoms with van der Waals surface area (Å²) in [5, 5.41) is 137. The van der Waals surface area contributed by atoms with Crippen LogP contribution >= 0.6 is 0 Å². The second-order valence-electron chi connectivity index (χ2n) is 12.3. The molecule has 4 atom stereocenters. The van der Waals surface area contributed by atoms with Crippen LogP contribution in [0.25, 0.3) is 55.0 Å². The molecule has 0 spiro atoms. The van der Waals surface area contributed by atoms with Crippen LogP contribution in [0.4, 0.5) is 0 Å². The second kappa shape index (κ2) is 12.4. The van der Waals surface area contributed by atoms with Crippen molar-refractivity contribution in [2.75, 3.05) is 6.61 Å². The van der Waals surface area contributed by atoms with Gasteiger partial charge in [0.15, 0.2) is 58.1 Å². The Bertz CT molecular complexity index is 2850. The van der Waals surface area contributed by atoms with Gasteiger partial charge in [-0.15, -0.1) is 0 Å². The molecular weight excluding hydrogens is 760 g/mol. The molecule has 0 aliphatic carbocycles. The van der Waals surface area contributed by atoms with Crippen LogP contribution in [0.1, 0.15) is 20.7 Å². The van der Waals surface area contributed by atoms with Gasteiger partial charge in [-0.05, 0) is 12.1 Å². The van der Waals surface area contributed by atoms with Crippen molar-refractivity contribution in [1.29, 1.82) is 0 Å². The number of phenolic OH excluding ortho intramolecular Hbond substituents is 10. The lowest BCUT2D eigenvalue weighted by molar-refractivity contribution is -0.138. The van der Waals surface area contributed by atoms with Crippen molar-refractivity contribution in [2.24, 2.45) is 0 Å². The van der Waals surface area contributed by atoms with Crippen molar-refractivity contribution < 1.29 is 99.1 Å². The molecule has 22 heteroatoms. The first kappa shape index (κ1) is 36.7. The molecule has 1 aliphatic rings. The smallest absolute Gasteiger partial charge is 0.345 e. The number of aliphatic hydroxyl groups is 3. The number of ether oxygens (including phenoxy) is 2. The molecule has 0 radical (unpaired) electrons. The zero-order valence-corrected chi connectivity index (χ0v) is 27.2. The lowest BCUT2D eigenvalue weighted by Gasteiger charge is -2.29. The molecule has 0 saturated heterocycles. The molecule has 56 heavy (non-hydrogen) atoms. The highest BCUT2D eigenvalue weighted by Crippen LogP contribution is 2.57. The molecular formula is C34H22O22. The van der Waals surface area contributed by atoms with Gasteiger partial charge in [0.25, 0.3) is 0 Å². The molecule has 0 fully saturated rings. The largest absolute Gasteiger partial charge is 0.504 e. The van der Waals surface area contributed by atoms with Gasteiger partial charge in [0.05, 0.1) is 21.9 Å². The van der Waals surface area contributed by atoms with Crippen molar-refractivity contribution >= 4 is 50.9 Å². The maximum Gasteiger partial charge on any atom is 0.345 e. The highest BCUT2D eigenvalue weighted by molar-refractivity contribution is 6.29. The molecule has 0 unspecified atom stereocenters. The number of esters is 2. The average molecular weight is 783 g/mol. The topological polar surface area (TPSA) is 393 Å². The maximum absolute atomic E-state index is 13.9. The van der Waals surface area contributed by atoms with Crippen LogP contribution in [0, 0.1) is 0 Å². The molecule has 6 aromatic rings. The first-order chi connectivity index (χ1) is 26.3. The van der Waals surface area contributed by atoms with Gasteiger partial charge in [-0.3, -0.25) is 0 Å². The van der Waals surface area contributed by atoms with Crippen LogP contribution < -0.4 is 11.3 Å². The quantitative estimate of drug-likeness (QED) is 0.0365. The number of carbonyl (C=O) groups is 3. The van der Waals surface area contributed by atoms with E-state index >= 15 is 0 Å². The normalized spacial score (nSPS) is 17.2. The predicted octanol–water partition coefficient (Wildman–Crippen LogP) is -0.142. The number of aldehydes is 1. The monoisotopic (exact) mass is 782 g/mol. The molecule has 7 rings (SSSR count). The molecule has 0 amide bonds. The van der Waals surface area contributed by atoms with Gasteiger partial charge in [0, 0.05) is 33.0 Å². The summed E-state index contributed by atoms with van der Waals surface area (Å²) in [4.78, 5) is 66.5. The molecule has 2 aromatic heterocycles. The predicted molar refractivity (Wildman–Crippen MR) is 178 cm³/mol. The standard InChI is InChI=1S/C34H22O22/c35-3-9(38)21(42)28-10(39)4-53-31(49)5-1-7(36)19(40)22(43)11(5)13-17-15-16-18(34(52)56-29(15)26(47)24(13)45)14(25(46)27(48)30(16)55-33(17)51)12-6(32(50)54-28)2-8(37)20(41)23(12)44/h1-3,9-10,21,28,36-48H,4H2/t9-,10-,21+,28+/m0/s1. The van der Waals surface area contributed by atoms with Crippen molar-refractivity contribution in [1.82, 2.24) is 0 Å². The highest BCUT2D eigenvalue weighted by Gasteiger charge is 2.41. The van der Waals surface area contributed by atoms with Crippen LogP contribution in [0.3, 0.4) is 0 Å². The van der Waals surface area contributed by atoms with Gasteiger partial charge in [-0.25, -0.2) is 19.2 Å². The molecule has 1 aliphatic heterocycles. The Labute approximate surface area is 304 Å². The minimum absolute atomic E-state index is 0.273. The van der Waals surface area contributed by atoms with Gasteiger partial charge in [0.1, 0.15) is 24.9 Å². The summed E-state index contributed by atoms with van der Waals surface area (Å²) in [7, 11) is 0. The second-order valence-corrected chi connectivity index (χ2v) is 12.3. The minimum Gasteiger partial charge on any atom is -0.504 e. The third-order valence-electron chi connectivity index (χ3n) is 9.14. The van der Waals surface area contributed by atoms with Crippen LogP contribution in [0.2, 0.25) is 0 Å². The number of aromatic hydroxyl groups is 10. The third-order valence-corrected chi connectivity index (χ3v) is 9.14. The maximum atomic E-state index is 13.9. The van der Waals surface area contributed by atoms with E-state index in [4.69, 9.17) is 18.3 Å². The van der Waals surface area contributed by atoms with Crippen molar-refractivity contribution in [2.45, 2.75) is 24.4 Å². The summed E-state index contributed by atoms with van der Waals surface area (Å²) in [6.07, 6.45) is -10.3. The average Bonchev–Trinajstić information content (AvgIpc) is 3.16. The fraction of sp³-hybridized carbons (Fsp3) is 0.147. The van der Waals surface area contributed by atoms with Crippen LogP contribution in [-0.2, 0) is 14.3 Å². The number of phenols is 10. The van der Waals surface area contributed by atoms with E-state index in [-0.39, 0.29) is 6.29 Å². The number of hydrogen-bond donors (Lipinski definition) is 13. The van der Waals surface area contributed by atoms with Crippen LogP contribution in [-0.4, -0.2) is 116 Å². The number of cyclic esters (lactones) is 2. The summed E-state index contributed by atoms with van der Waals surface area (Å²) in [5.41, 5.74) is -12.3. The Balaban J connectivity index is 1.76. The van der Waals surface area contributed by atoms with E-state index in [0.29, 0.717) is 12.1 Å². The number of carbonyl (C=O) groups excluding carboxylic acids is 3. The van der Waals surface area contributed by atoms with Gasteiger partial charge >= 0.3 is 23.2 Å². The van der Waals surface area contributed by atoms with E-state index in [1.165, 1.54) is 0 Å². The van der Waals surface area contributed by atoms with E-state index < -0.39 is 178 Å². The van der Waals surface area contributed by atoms with E-state index in [0.717, 1.165) is 0 Å². The van der Waals surface area contributed by atoms with E-state index in [2.05, 4.69) is 0 Å². The van der Waals surface area contributed by atoms with E-state index in [9.17, 15) is 90.4 Å². The summed E-state index contributed by atoms with van der Waals surface area (Å²) in [5.74, 6) is -17.9. The Morgan fingerprint density at radius 1 is 0.571 bits per heavy atom. The zero-order valence-electron chi connectivity index (χ0n) is 27.2. The summed E-state index contributed by atoms with van der Waals surface area (Å²) >= 11 is 0. The Kier molecular flexibility index (Phi) is 8.14. The first-order valence-corrected chi connectivity index (χ1v) is 15.5. The van der Waals surface area contributed by atoms with Gasteiger partial charge in [-0.2, -0.15) is 0 Å². The SMILES string of the molecule is O=C[C@H](O)[C@@H](O)[C@@H]1OC(=O)c2cc(O)c(O)c(O)c2-c2c(O)c(O)c3oc(=O)c4c(c(O)c(O)c5oc(=O)c2c3c54)-c2c(cc(O)c(O)c2O)C(=O)OC[C@@H]1O. The molecule has 290 valence electrons. The molecule has 13 N–H and O–H groups in total. The highest BCUT2D eigenvalue weighted by atomic mass is 16.6. The number of hydrogen-bond acceptors (Lipinski definition) is 22. The fourth-order valence-electron chi connectivity index (χ4n) is 6.55. The van der Waals surface area contributed by atoms with E-state index in [1.54, 1.807) is 0 Å². The Morgan fingerprint density at radius 3 is 1.41 bits per heavy atom. The number of benzene rings is 4. The fourth-order valence-corrected chi connectivity index (χ4v) is 6.55. The van der Waals surface area contributed by atoms with Crippen molar-refractivity contribution in [3.63, 3.8) is 0 Å². The molecule has 0 saturated carbocycles. The van der Waals surface area contributed by atoms with Crippen LogP contribution in [0.15, 0.2) is 30.6 Å². The van der Waals surface area contributed by atoms with Gasteiger partial charge < -0.3 is 89.5 Å². The zero-order chi connectivity index (χ0) is 41.0. The van der Waals surface area contributed by atoms with Crippen molar-refractivity contribution in [3.8, 4) is 79.7 Å². The van der Waals surface area contributed by atoms with Crippen LogP contribution in [0.5, 0.6) is 57.5 Å². The molecule has 4 aromatic carbocycles. The third kappa shape index (κ3) is 4.90. The van der Waals surface area contributed by atoms with Crippen molar-refractivity contribution in [3.05, 3.63) is 44.1 Å². The minimum atomic E-state index is -2.58. The van der Waals surface area contributed by atoms with E-state index in [1.807, 2.05) is 0 Å². The first-order valence-electron chi connectivity index (χ1n) is 15.5. The number of rotatable bonds is 3. The Hall–Kier alpha value is -7.69.